The molecule has 1 fully saturated rings. The molecule has 1 unspecified atom stereocenters. The monoisotopic (exact) mass is 497 g/mol. The first-order chi connectivity index (χ1) is 16.6. The van der Waals surface area contributed by atoms with Gasteiger partial charge in [0.15, 0.2) is 0 Å². The van der Waals surface area contributed by atoms with Gasteiger partial charge in [0.25, 0.3) is 15.9 Å². The van der Waals surface area contributed by atoms with Gasteiger partial charge >= 0.3 is 0 Å². The van der Waals surface area contributed by atoms with Gasteiger partial charge in [0.2, 0.25) is 5.09 Å². The van der Waals surface area contributed by atoms with E-state index >= 15 is 0 Å². The Morgan fingerprint density at radius 3 is 2.54 bits per heavy atom. The number of carbonyl (C=O) groups is 1. The number of aliphatic hydroxyl groups is 1. The van der Waals surface area contributed by atoms with Gasteiger partial charge in [-0.2, -0.15) is 4.31 Å². The lowest BCUT2D eigenvalue weighted by atomic mass is 9.90. The van der Waals surface area contributed by atoms with Crippen molar-refractivity contribution in [3.8, 4) is 0 Å². The first-order valence-electron chi connectivity index (χ1n) is 11.7. The van der Waals surface area contributed by atoms with Crippen LogP contribution in [-0.4, -0.2) is 53.5 Å². The van der Waals surface area contributed by atoms with Crippen LogP contribution in [0.1, 0.15) is 41.5 Å². The predicted molar refractivity (Wildman–Crippen MR) is 131 cm³/mol. The summed E-state index contributed by atoms with van der Waals surface area (Å²) in [5.74, 6) is -0.188. The van der Waals surface area contributed by atoms with E-state index in [0.717, 1.165) is 18.4 Å². The molecule has 4 rings (SSSR count). The number of benzene rings is 1. The third-order valence-corrected chi connectivity index (χ3v) is 7.90. The Kier molecular flexibility index (Phi) is 7.39. The molecule has 0 radical (unpaired) electrons. The van der Waals surface area contributed by atoms with Gasteiger partial charge in [0, 0.05) is 18.8 Å². The zero-order chi connectivity index (χ0) is 25.1. The van der Waals surface area contributed by atoms with Crippen molar-refractivity contribution in [1.29, 1.82) is 0 Å². The van der Waals surface area contributed by atoms with Gasteiger partial charge in [-0.25, -0.2) is 13.4 Å². The Morgan fingerprint density at radius 1 is 1.17 bits per heavy atom. The van der Waals surface area contributed by atoms with Gasteiger partial charge < -0.3 is 14.8 Å². The number of furan rings is 1. The molecule has 2 aromatic heterocycles. The van der Waals surface area contributed by atoms with Crippen LogP contribution in [0.4, 0.5) is 0 Å². The Morgan fingerprint density at radius 2 is 1.91 bits per heavy atom. The number of aromatic nitrogens is 1. The first-order valence-corrected chi connectivity index (χ1v) is 13.1. The van der Waals surface area contributed by atoms with Gasteiger partial charge in [-0.3, -0.25) is 4.79 Å². The number of amides is 1. The molecule has 9 heteroatoms. The third-order valence-electron chi connectivity index (χ3n) is 6.20. The van der Waals surface area contributed by atoms with E-state index in [2.05, 4.69) is 10.3 Å². The minimum Gasteiger partial charge on any atom is -0.452 e. The van der Waals surface area contributed by atoms with Crippen LogP contribution in [0.25, 0.3) is 0 Å². The Labute approximate surface area is 206 Å². The summed E-state index contributed by atoms with van der Waals surface area (Å²) in [5, 5.41) is 14.4. The lowest BCUT2D eigenvalue weighted by molar-refractivity contribution is 0.00332. The van der Waals surface area contributed by atoms with Gasteiger partial charge in [-0.1, -0.05) is 36.4 Å². The van der Waals surface area contributed by atoms with Crippen LogP contribution in [0.5, 0.6) is 0 Å². The van der Waals surface area contributed by atoms with Gasteiger partial charge in [0.05, 0.1) is 17.9 Å². The van der Waals surface area contributed by atoms with Crippen LogP contribution >= 0.6 is 0 Å². The van der Waals surface area contributed by atoms with Crippen LogP contribution in [0.2, 0.25) is 0 Å². The number of hydrogen-bond acceptors (Lipinski definition) is 6. The minimum atomic E-state index is -3.96. The molecular weight excluding hydrogens is 466 g/mol. The molecule has 2 atom stereocenters. The molecule has 3 aromatic rings. The van der Waals surface area contributed by atoms with Crippen molar-refractivity contribution in [2.24, 2.45) is 5.92 Å². The highest BCUT2D eigenvalue weighted by Crippen LogP contribution is 2.33. The van der Waals surface area contributed by atoms with Crippen LogP contribution in [-0.2, 0) is 16.4 Å². The van der Waals surface area contributed by atoms with Crippen LogP contribution in [0.3, 0.4) is 0 Å². The zero-order valence-electron chi connectivity index (χ0n) is 19.9. The predicted octanol–water partition coefficient (Wildman–Crippen LogP) is 3.18. The number of aryl methyl sites for hydroxylation is 1. The molecule has 8 nitrogen and oxygen atoms in total. The second-order valence-electron chi connectivity index (χ2n) is 9.41. The van der Waals surface area contributed by atoms with Crippen molar-refractivity contribution < 1.29 is 22.7 Å². The molecule has 0 spiro atoms. The first kappa shape index (κ1) is 25.1. The fraction of sp³-hybridized carbons (Fsp3) is 0.385. The molecule has 1 saturated carbocycles. The fourth-order valence-electron chi connectivity index (χ4n) is 4.02. The Balaban J connectivity index is 1.62. The second-order valence-corrected chi connectivity index (χ2v) is 11.3. The van der Waals surface area contributed by atoms with E-state index in [1.54, 1.807) is 32.0 Å². The highest BCUT2D eigenvalue weighted by molar-refractivity contribution is 7.89. The summed E-state index contributed by atoms with van der Waals surface area (Å²) < 4.78 is 33.1. The molecule has 0 saturated heterocycles. The van der Waals surface area contributed by atoms with E-state index in [1.807, 2.05) is 30.3 Å². The van der Waals surface area contributed by atoms with E-state index in [4.69, 9.17) is 4.42 Å². The number of rotatable bonds is 11. The van der Waals surface area contributed by atoms with E-state index < -0.39 is 27.6 Å². The fourth-order valence-corrected chi connectivity index (χ4v) is 5.54. The number of sulfonamides is 1. The van der Waals surface area contributed by atoms with Gasteiger partial charge in [-0.15, -0.1) is 0 Å². The summed E-state index contributed by atoms with van der Waals surface area (Å²) in [6.07, 6.45) is 3.50. The summed E-state index contributed by atoms with van der Waals surface area (Å²) >= 11 is 0. The number of carbonyl (C=O) groups excluding carboxylic acids is 1. The van der Waals surface area contributed by atoms with E-state index in [0.29, 0.717) is 12.1 Å². The highest BCUT2D eigenvalue weighted by atomic mass is 32.2. The van der Waals surface area contributed by atoms with Crippen molar-refractivity contribution in [2.45, 2.75) is 49.8 Å². The lowest BCUT2D eigenvalue weighted by Crippen LogP contribution is -2.58. The van der Waals surface area contributed by atoms with E-state index in [-0.39, 0.29) is 29.8 Å². The smallest absolute Gasteiger partial charge is 0.276 e. The molecule has 35 heavy (non-hydrogen) atoms. The number of nitrogens with zero attached hydrogens (tertiary/aromatic N) is 2. The van der Waals surface area contributed by atoms with Crippen molar-refractivity contribution in [3.05, 3.63) is 83.9 Å². The number of nitrogens with one attached hydrogen (secondary N) is 1. The van der Waals surface area contributed by atoms with E-state index in [1.165, 1.54) is 22.7 Å². The quantitative estimate of drug-likeness (QED) is 0.421. The second kappa shape index (κ2) is 10.3. The van der Waals surface area contributed by atoms with Gasteiger partial charge in [-0.05, 0) is 68.9 Å². The summed E-state index contributed by atoms with van der Waals surface area (Å²) in [6, 6.07) is 16.7. The SMILES string of the molecule is Cc1cccc(C(=O)NC(Cc2ccccc2)[C@@](C)(O)CN(CC2CC2)S(=O)(=O)c2ccco2)n1. The standard InChI is InChI=1S/C26H31N3O5S/c1-19-8-6-11-22(27-19)25(30)28-23(16-20-9-4-3-5-10-20)26(2,31)18-29(17-21-13-14-21)35(32,33)24-12-7-15-34-24/h3-12,15,21,23,31H,13-14,16-18H2,1-2H3,(H,28,30)/t23?,26-/m0/s1. The summed E-state index contributed by atoms with van der Waals surface area (Å²) in [4.78, 5) is 17.4. The highest BCUT2D eigenvalue weighted by Gasteiger charge is 2.41. The van der Waals surface area contributed by atoms with E-state index in [9.17, 15) is 18.3 Å². The molecule has 0 bridgehead atoms. The molecule has 0 aliphatic heterocycles. The lowest BCUT2D eigenvalue weighted by Gasteiger charge is -2.37. The van der Waals surface area contributed by atoms with Gasteiger partial charge in [0.1, 0.15) is 5.69 Å². The molecule has 1 aromatic carbocycles. The zero-order valence-corrected chi connectivity index (χ0v) is 20.7. The summed E-state index contributed by atoms with van der Waals surface area (Å²) in [7, 11) is -3.96. The molecule has 2 N–H and O–H groups in total. The molecule has 1 aliphatic rings. The van der Waals surface area contributed by atoms with Crippen LogP contribution in [0.15, 0.2) is 76.4 Å². The van der Waals surface area contributed by atoms with Crippen molar-refractivity contribution in [2.75, 3.05) is 13.1 Å². The minimum absolute atomic E-state index is 0.165. The van der Waals surface area contributed by atoms with Crippen molar-refractivity contribution >= 4 is 15.9 Å². The topological polar surface area (TPSA) is 113 Å². The maximum Gasteiger partial charge on any atom is 0.276 e. The maximum atomic E-state index is 13.3. The van der Waals surface area contributed by atoms with Crippen LogP contribution < -0.4 is 5.32 Å². The normalized spacial score (nSPS) is 16.6. The molecule has 1 aliphatic carbocycles. The molecular formula is C26H31N3O5S. The number of hydrogen-bond donors (Lipinski definition) is 2. The average molecular weight is 498 g/mol. The molecule has 186 valence electrons. The van der Waals surface area contributed by atoms with Crippen molar-refractivity contribution in [3.63, 3.8) is 0 Å². The number of pyridine rings is 1. The van der Waals surface area contributed by atoms with Crippen molar-refractivity contribution in [1.82, 2.24) is 14.6 Å². The molecule has 1 amide bonds. The average Bonchev–Trinajstić information content (AvgIpc) is 3.46. The Hall–Kier alpha value is -3.01. The molecule has 2 heterocycles. The Bertz CT molecular complexity index is 1240. The summed E-state index contributed by atoms with van der Waals surface area (Å²) in [6.45, 7) is 3.43. The van der Waals surface area contributed by atoms with Crippen LogP contribution in [0, 0.1) is 12.8 Å². The maximum absolute atomic E-state index is 13.3. The third kappa shape index (κ3) is 6.36. The summed E-state index contributed by atoms with van der Waals surface area (Å²) in [5.41, 5.74) is 0.239. The largest absolute Gasteiger partial charge is 0.452 e.